The zero-order chi connectivity index (χ0) is 13.1. The summed E-state index contributed by atoms with van der Waals surface area (Å²) in [6, 6.07) is 12.7. The minimum absolute atomic E-state index is 0.359. The second-order valence-corrected chi connectivity index (χ2v) is 4.89. The Hall–Kier alpha value is -1.01. The minimum atomic E-state index is -1.85. The van der Waals surface area contributed by atoms with Crippen molar-refractivity contribution in [3.8, 4) is 16.9 Å². The molecule has 3 nitrogen and oxygen atoms in total. The van der Waals surface area contributed by atoms with Crippen LogP contribution in [0, 0.1) is 0 Å². The molecule has 2 rings (SSSR count). The van der Waals surface area contributed by atoms with E-state index in [0.717, 1.165) is 11.1 Å². The highest BCUT2D eigenvalue weighted by molar-refractivity contribution is 9.10. The number of hydrogen-bond donors (Lipinski definition) is 2. The van der Waals surface area contributed by atoms with E-state index in [0.29, 0.717) is 15.2 Å². The molecule has 2 aromatic carbocycles. The first-order valence-electron chi connectivity index (χ1n) is 5.14. The van der Waals surface area contributed by atoms with Crippen LogP contribution in [0.25, 0.3) is 11.1 Å². The molecule has 0 radical (unpaired) electrons. The van der Waals surface area contributed by atoms with Gasteiger partial charge in [-0.05, 0) is 51.3 Å². The first-order chi connectivity index (χ1) is 8.56. The summed E-state index contributed by atoms with van der Waals surface area (Å²) in [6.07, 6.45) is 0. The molecule has 0 aromatic heterocycles. The van der Waals surface area contributed by atoms with Crippen LogP contribution in [0.5, 0.6) is 5.75 Å². The van der Waals surface area contributed by atoms with Crippen LogP contribution >= 0.6 is 27.5 Å². The van der Waals surface area contributed by atoms with E-state index in [2.05, 4.69) is 15.9 Å². The highest BCUT2D eigenvalue weighted by Gasteiger charge is 2.14. The van der Waals surface area contributed by atoms with Crippen LogP contribution in [-0.2, 0) is 0 Å². The van der Waals surface area contributed by atoms with Gasteiger partial charge in [0.15, 0.2) is 0 Å². The summed E-state index contributed by atoms with van der Waals surface area (Å²) < 4.78 is 5.52. The van der Waals surface area contributed by atoms with E-state index in [1.807, 2.05) is 18.2 Å². The first kappa shape index (κ1) is 13.4. The van der Waals surface area contributed by atoms with Gasteiger partial charge in [-0.3, -0.25) is 0 Å². The lowest BCUT2D eigenvalue weighted by Gasteiger charge is -2.09. The number of rotatable bonds is 3. The van der Waals surface area contributed by atoms with Gasteiger partial charge in [0.05, 0.1) is 4.47 Å². The Labute approximate surface area is 118 Å². The molecule has 6 heteroatoms. The monoisotopic (exact) mass is 326 g/mol. The molecule has 0 aliphatic heterocycles. The number of benzene rings is 2. The summed E-state index contributed by atoms with van der Waals surface area (Å²) in [5.74, 6) is 0.359. The Kier molecular flexibility index (Phi) is 4.29. The van der Waals surface area contributed by atoms with Gasteiger partial charge in [0.25, 0.3) is 0 Å². The Morgan fingerprint density at radius 3 is 2.22 bits per heavy atom. The number of hydrogen-bond acceptors (Lipinski definition) is 3. The zero-order valence-corrected chi connectivity index (χ0v) is 11.5. The first-order valence-corrected chi connectivity index (χ1v) is 6.31. The van der Waals surface area contributed by atoms with Crippen LogP contribution in [0.3, 0.4) is 0 Å². The molecule has 2 N–H and O–H groups in total. The van der Waals surface area contributed by atoms with Gasteiger partial charge < -0.3 is 14.7 Å². The average molecular weight is 327 g/mol. The van der Waals surface area contributed by atoms with Crippen LogP contribution in [0.15, 0.2) is 46.9 Å². The molecule has 0 atom stereocenters. The van der Waals surface area contributed by atoms with Crippen molar-refractivity contribution in [3.05, 3.63) is 52.0 Å². The lowest BCUT2D eigenvalue weighted by molar-refractivity contribution is 0.287. The molecular weight excluding hydrogens is 318 g/mol. The molecule has 0 saturated heterocycles. The van der Waals surface area contributed by atoms with Crippen LogP contribution in [0.4, 0.5) is 0 Å². The van der Waals surface area contributed by atoms with Crippen LogP contribution in [0.1, 0.15) is 0 Å². The standard InChI is InChI=1S/C12H9BBrClO3/c14-11-6-3-9(7-12(11)18-13(16)17)8-1-4-10(15)5-2-8/h1-7,16-17H. The van der Waals surface area contributed by atoms with Crippen LogP contribution < -0.4 is 4.65 Å². The Morgan fingerprint density at radius 1 is 1.00 bits per heavy atom. The van der Waals surface area contributed by atoms with Gasteiger partial charge in [0, 0.05) is 5.02 Å². The van der Waals surface area contributed by atoms with Crippen molar-refractivity contribution in [2.45, 2.75) is 0 Å². The molecule has 18 heavy (non-hydrogen) atoms. The molecule has 0 bridgehead atoms. The molecule has 0 heterocycles. The second-order valence-electron chi connectivity index (χ2n) is 3.60. The smallest absolute Gasteiger partial charge is 0.511 e. The van der Waals surface area contributed by atoms with Crippen molar-refractivity contribution in [2.75, 3.05) is 0 Å². The predicted octanol–water partition coefficient (Wildman–Crippen LogP) is 3.12. The highest BCUT2D eigenvalue weighted by Crippen LogP contribution is 2.31. The zero-order valence-electron chi connectivity index (χ0n) is 9.18. The molecule has 0 spiro atoms. The molecule has 0 fully saturated rings. The van der Waals surface area contributed by atoms with Crippen molar-refractivity contribution in [1.82, 2.24) is 0 Å². The van der Waals surface area contributed by atoms with Crippen LogP contribution in [-0.4, -0.2) is 17.4 Å². The van der Waals surface area contributed by atoms with Gasteiger partial charge in [0.2, 0.25) is 0 Å². The number of halogens is 2. The summed E-state index contributed by atoms with van der Waals surface area (Å²) in [7, 11) is -1.85. The average Bonchev–Trinajstić information content (AvgIpc) is 2.32. The lowest BCUT2D eigenvalue weighted by atomic mass is 10.1. The quantitative estimate of drug-likeness (QED) is 0.852. The van der Waals surface area contributed by atoms with Gasteiger partial charge >= 0.3 is 7.32 Å². The molecule has 2 aromatic rings. The van der Waals surface area contributed by atoms with E-state index in [4.69, 9.17) is 26.3 Å². The van der Waals surface area contributed by atoms with Gasteiger partial charge in [0.1, 0.15) is 5.75 Å². The molecule has 0 unspecified atom stereocenters. The Morgan fingerprint density at radius 2 is 1.61 bits per heavy atom. The van der Waals surface area contributed by atoms with Crippen molar-refractivity contribution < 1.29 is 14.7 Å². The molecular formula is C12H9BBrClO3. The largest absolute Gasteiger partial charge is 0.707 e. The van der Waals surface area contributed by atoms with E-state index in [9.17, 15) is 0 Å². The Bertz CT molecular complexity index is 546. The van der Waals surface area contributed by atoms with Crippen molar-refractivity contribution >= 4 is 34.9 Å². The SMILES string of the molecule is OB(O)Oc1cc(-c2ccc(Cl)cc2)ccc1Br. The summed E-state index contributed by atoms with van der Waals surface area (Å²) in [6.45, 7) is 0. The summed E-state index contributed by atoms with van der Waals surface area (Å²) in [5, 5.41) is 18.3. The van der Waals surface area contributed by atoms with E-state index in [1.165, 1.54) is 0 Å². The summed E-state index contributed by atoms with van der Waals surface area (Å²) in [4.78, 5) is 0. The second kappa shape index (κ2) is 5.76. The molecule has 0 aliphatic rings. The maximum atomic E-state index is 8.82. The maximum absolute atomic E-state index is 8.82. The fourth-order valence-electron chi connectivity index (χ4n) is 1.53. The van der Waals surface area contributed by atoms with Crippen LogP contribution in [0.2, 0.25) is 5.02 Å². The van der Waals surface area contributed by atoms with Gasteiger partial charge in [-0.15, -0.1) is 0 Å². The summed E-state index contributed by atoms with van der Waals surface area (Å²) in [5.41, 5.74) is 1.86. The third kappa shape index (κ3) is 3.26. The van der Waals surface area contributed by atoms with Crippen molar-refractivity contribution in [3.63, 3.8) is 0 Å². The maximum Gasteiger partial charge on any atom is 0.707 e. The van der Waals surface area contributed by atoms with E-state index < -0.39 is 7.32 Å². The molecule has 92 valence electrons. The topological polar surface area (TPSA) is 49.7 Å². The van der Waals surface area contributed by atoms with Gasteiger partial charge in [-0.1, -0.05) is 29.8 Å². The summed E-state index contributed by atoms with van der Waals surface area (Å²) >= 11 is 9.10. The fourth-order valence-corrected chi connectivity index (χ4v) is 2.00. The van der Waals surface area contributed by atoms with Gasteiger partial charge in [-0.2, -0.15) is 0 Å². The van der Waals surface area contributed by atoms with E-state index in [-0.39, 0.29) is 0 Å². The third-order valence-electron chi connectivity index (χ3n) is 2.34. The van der Waals surface area contributed by atoms with Crippen molar-refractivity contribution in [1.29, 1.82) is 0 Å². The third-order valence-corrected chi connectivity index (χ3v) is 3.25. The molecule has 0 amide bonds. The molecule has 0 saturated carbocycles. The highest BCUT2D eigenvalue weighted by atomic mass is 79.9. The van der Waals surface area contributed by atoms with Crippen molar-refractivity contribution in [2.24, 2.45) is 0 Å². The lowest BCUT2D eigenvalue weighted by Crippen LogP contribution is -2.20. The minimum Gasteiger partial charge on any atom is -0.511 e. The normalized spacial score (nSPS) is 10.2. The molecule has 0 aliphatic carbocycles. The fraction of sp³-hybridized carbons (Fsp3) is 0. The Balaban J connectivity index is 2.37. The predicted molar refractivity (Wildman–Crippen MR) is 75.4 cm³/mol. The van der Waals surface area contributed by atoms with Gasteiger partial charge in [-0.25, -0.2) is 0 Å². The van der Waals surface area contributed by atoms with E-state index in [1.54, 1.807) is 24.3 Å². The van der Waals surface area contributed by atoms with E-state index >= 15 is 0 Å².